The molecule has 20 rings (SSSR count). The summed E-state index contributed by atoms with van der Waals surface area (Å²) >= 11 is 1.88. The average molecular weight is 1410 g/mol. The van der Waals surface area contributed by atoms with Crippen LogP contribution in [0.1, 0.15) is 52.7 Å². The molecule has 2 aliphatic rings. The van der Waals surface area contributed by atoms with E-state index >= 15 is 0 Å². The predicted molar refractivity (Wildman–Crippen MR) is 469 cm³/mol. The number of thiophene rings is 1. The van der Waals surface area contributed by atoms with Gasteiger partial charge < -0.3 is 14.4 Å². The minimum absolute atomic E-state index is 0.114. The summed E-state index contributed by atoms with van der Waals surface area (Å²) in [5.74, 6) is 0. The van der Waals surface area contributed by atoms with Gasteiger partial charge in [0, 0.05) is 76.1 Å². The highest BCUT2D eigenvalue weighted by atomic mass is 32.1. The Morgan fingerprint density at radius 1 is 0.266 bits per heavy atom. The lowest BCUT2D eigenvalue weighted by Crippen LogP contribution is -2.61. The fourth-order valence-corrected chi connectivity index (χ4v) is 18.7. The SMILES string of the molecule is CC(C)(C)c1ccc2c3ccc(C(C)(C)C)cc3n(-c3cccc(-c4cccc5sc6ccccc6c45)c3-c3ccc4c(c3)B3c5ccc(-c6ccccc6)cc5N(c5c(-c6ccccc6)cccc5-c5ccccc5)c5cc(-c6ccccc6)cc(c53)N4c3cc(-c4ccccc4)cc(-c4ccccc4)c3)c2c1. The third-order valence-corrected chi connectivity index (χ3v) is 24.0. The van der Waals surface area contributed by atoms with E-state index < -0.39 is 0 Å². The number of hydrogen-bond donors (Lipinski definition) is 0. The van der Waals surface area contributed by atoms with E-state index in [4.69, 9.17) is 0 Å². The van der Waals surface area contributed by atoms with E-state index in [1.807, 2.05) is 11.3 Å². The van der Waals surface area contributed by atoms with Gasteiger partial charge in [0.25, 0.3) is 6.71 Å². The van der Waals surface area contributed by atoms with Crippen LogP contribution in [-0.4, -0.2) is 11.3 Å². The summed E-state index contributed by atoms with van der Waals surface area (Å²) in [6, 6.07) is 138. The molecular formula is C104H78BN3S. The average Bonchev–Trinajstić information content (AvgIpc) is 1.17. The number of nitrogens with zero attached hydrogens (tertiary/aromatic N) is 3. The summed E-state index contributed by atoms with van der Waals surface area (Å²) < 4.78 is 5.19. The van der Waals surface area contributed by atoms with Crippen molar-refractivity contribution >= 4 is 111 Å². The van der Waals surface area contributed by atoms with Crippen molar-refractivity contribution in [1.29, 1.82) is 0 Å². The van der Waals surface area contributed by atoms with E-state index in [1.54, 1.807) is 0 Å². The number of hydrogen-bond acceptors (Lipinski definition) is 3. The predicted octanol–water partition coefficient (Wildman–Crippen LogP) is 27.2. The van der Waals surface area contributed by atoms with Crippen molar-refractivity contribution in [1.82, 2.24) is 4.57 Å². The minimum Gasteiger partial charge on any atom is -0.311 e. The molecule has 0 amide bonds. The number of fused-ring (bicyclic) bond motifs is 10. The Morgan fingerprint density at radius 2 is 0.716 bits per heavy atom. The molecule has 0 radical (unpaired) electrons. The largest absolute Gasteiger partial charge is 0.311 e. The maximum absolute atomic E-state index is 2.68. The minimum atomic E-state index is -0.288. The molecule has 16 aromatic carbocycles. The van der Waals surface area contributed by atoms with Crippen molar-refractivity contribution in [2.45, 2.75) is 52.4 Å². The van der Waals surface area contributed by atoms with Crippen molar-refractivity contribution in [3.05, 3.63) is 375 Å². The monoisotopic (exact) mass is 1410 g/mol. The molecule has 0 bridgehead atoms. The Labute approximate surface area is 642 Å². The fourth-order valence-electron chi connectivity index (χ4n) is 17.6. The number of rotatable bonds is 11. The van der Waals surface area contributed by atoms with Crippen molar-refractivity contribution in [3.8, 4) is 94.7 Å². The Morgan fingerprint density at radius 3 is 1.28 bits per heavy atom. The van der Waals surface area contributed by atoms with Crippen molar-refractivity contribution in [2.75, 3.05) is 9.80 Å². The molecule has 2 aliphatic heterocycles. The van der Waals surface area contributed by atoms with Crippen LogP contribution in [-0.2, 0) is 10.8 Å². The first-order valence-corrected chi connectivity index (χ1v) is 39.0. The number of benzene rings is 16. The quantitative estimate of drug-likeness (QED) is 0.120. The molecule has 0 N–H and O–H groups in total. The van der Waals surface area contributed by atoms with Crippen molar-refractivity contribution in [2.24, 2.45) is 0 Å². The van der Waals surface area contributed by atoms with Gasteiger partial charge in [-0.1, -0.05) is 333 Å². The third kappa shape index (κ3) is 11.2. The highest BCUT2D eigenvalue weighted by Gasteiger charge is 2.45. The zero-order valence-corrected chi connectivity index (χ0v) is 62.8. The second-order valence-corrected chi connectivity index (χ2v) is 32.6. The maximum atomic E-state index is 2.68. The first-order valence-electron chi connectivity index (χ1n) is 38.1. The molecule has 0 atom stereocenters. The van der Waals surface area contributed by atoms with E-state index in [1.165, 1.54) is 86.2 Å². The van der Waals surface area contributed by atoms with Crippen LogP contribution < -0.4 is 26.2 Å². The van der Waals surface area contributed by atoms with Gasteiger partial charge >= 0.3 is 0 Å². The van der Waals surface area contributed by atoms with Crippen LogP contribution in [0, 0.1) is 0 Å². The van der Waals surface area contributed by atoms with Gasteiger partial charge in [0.1, 0.15) is 0 Å². The summed E-state index contributed by atoms with van der Waals surface area (Å²) in [5.41, 5.74) is 34.6. The zero-order chi connectivity index (χ0) is 73.2. The lowest BCUT2D eigenvalue weighted by molar-refractivity contribution is 0.591. The van der Waals surface area contributed by atoms with Crippen LogP contribution in [0.3, 0.4) is 0 Å². The zero-order valence-electron chi connectivity index (χ0n) is 62.0. The summed E-state index contributed by atoms with van der Waals surface area (Å²) in [4.78, 5) is 5.32. The van der Waals surface area contributed by atoms with Crippen LogP contribution in [0.15, 0.2) is 364 Å². The molecule has 518 valence electrons. The molecule has 0 unspecified atom stereocenters. The number of anilines is 6. The summed E-state index contributed by atoms with van der Waals surface area (Å²) in [6.45, 7) is 13.8. The second-order valence-electron chi connectivity index (χ2n) is 31.5. The first-order chi connectivity index (χ1) is 53.3. The lowest BCUT2D eigenvalue weighted by Gasteiger charge is -2.45. The molecule has 0 fully saturated rings. The maximum Gasteiger partial charge on any atom is 0.252 e. The molecule has 0 saturated heterocycles. The Hall–Kier alpha value is -12.8. The Kier molecular flexibility index (Phi) is 15.7. The van der Waals surface area contributed by atoms with Crippen LogP contribution >= 0.6 is 11.3 Å². The van der Waals surface area contributed by atoms with E-state index in [2.05, 4.69) is 420 Å². The number of aromatic nitrogens is 1. The molecule has 0 saturated carbocycles. The molecular weight excluding hydrogens is 1330 g/mol. The topological polar surface area (TPSA) is 11.4 Å². The fraction of sp³-hybridized carbons (Fsp3) is 0.0769. The summed E-state index contributed by atoms with van der Waals surface area (Å²) in [7, 11) is 0. The Balaban J connectivity index is 0.953. The summed E-state index contributed by atoms with van der Waals surface area (Å²) in [5, 5.41) is 5.02. The molecule has 2 aromatic heterocycles. The van der Waals surface area contributed by atoms with E-state index in [0.29, 0.717) is 0 Å². The lowest BCUT2D eigenvalue weighted by atomic mass is 9.33. The number of para-hydroxylation sites is 1. The van der Waals surface area contributed by atoms with Crippen molar-refractivity contribution < 1.29 is 0 Å². The summed E-state index contributed by atoms with van der Waals surface area (Å²) in [6.07, 6.45) is 0. The van der Waals surface area contributed by atoms with E-state index in [9.17, 15) is 0 Å². The van der Waals surface area contributed by atoms with Gasteiger partial charge in [-0.2, -0.15) is 0 Å². The van der Waals surface area contributed by atoms with Gasteiger partial charge in [0.05, 0.1) is 22.4 Å². The molecule has 18 aromatic rings. The van der Waals surface area contributed by atoms with Gasteiger partial charge in [-0.15, -0.1) is 11.3 Å². The highest BCUT2D eigenvalue weighted by molar-refractivity contribution is 7.26. The van der Waals surface area contributed by atoms with Crippen LogP contribution in [0.4, 0.5) is 34.1 Å². The van der Waals surface area contributed by atoms with Crippen LogP contribution in [0.2, 0.25) is 0 Å². The molecule has 109 heavy (non-hydrogen) atoms. The van der Waals surface area contributed by atoms with Crippen LogP contribution in [0.5, 0.6) is 0 Å². The normalized spacial score (nSPS) is 12.6. The van der Waals surface area contributed by atoms with Gasteiger partial charge in [-0.05, 0) is 183 Å². The van der Waals surface area contributed by atoms with Gasteiger partial charge in [-0.25, -0.2) is 0 Å². The molecule has 5 heteroatoms. The van der Waals surface area contributed by atoms with Gasteiger partial charge in [-0.3, -0.25) is 0 Å². The smallest absolute Gasteiger partial charge is 0.252 e. The first kappa shape index (κ1) is 65.7. The standard InChI is InChI=1S/C104H78BN3S/c1-103(2,3)78-52-54-83-84-55-53-79(104(4,5)6)66-93(84)107(92(83)65-78)91-47-28-45-85(86-46-29-49-98-100(86)87-42-25-26-48-97(87)109-98)99(91)74-51-57-90-89(61-74)105-88-56-50-73(67-30-13-7-14-31-67)62-94(88)108(102-81(71-38-21-11-22-39-71)43-27-44-82(102)72-40-23-12-24-41-72)96-64-77(70-36-19-10-20-37-70)63-95(101(96)105)106(90)80-59-75(68-32-15-8-16-33-68)58-76(60-80)69-34-17-9-18-35-69/h7-66H,1-6H3. The van der Waals surface area contributed by atoms with Crippen LogP contribution in [0.25, 0.3) is 137 Å². The molecule has 0 spiro atoms. The van der Waals surface area contributed by atoms with Gasteiger partial charge in [0.15, 0.2) is 0 Å². The molecule has 3 nitrogen and oxygen atoms in total. The van der Waals surface area contributed by atoms with Gasteiger partial charge in [0.2, 0.25) is 0 Å². The molecule has 0 aliphatic carbocycles. The highest BCUT2D eigenvalue weighted by Crippen LogP contribution is 2.54. The third-order valence-electron chi connectivity index (χ3n) is 22.9. The van der Waals surface area contributed by atoms with E-state index in [-0.39, 0.29) is 17.5 Å². The second kappa shape index (κ2) is 26.0. The van der Waals surface area contributed by atoms with E-state index in [0.717, 1.165) is 112 Å². The molecule has 4 heterocycles. The van der Waals surface area contributed by atoms with Crippen molar-refractivity contribution in [3.63, 3.8) is 0 Å². The Bertz CT molecular complexity index is 6420.